The van der Waals surface area contributed by atoms with Crippen LogP contribution in [-0.4, -0.2) is 46.6 Å². The highest BCUT2D eigenvalue weighted by Crippen LogP contribution is 2.20. The molecular formula is C20H32IN5O2. The van der Waals surface area contributed by atoms with E-state index in [-0.39, 0.29) is 36.6 Å². The summed E-state index contributed by atoms with van der Waals surface area (Å²) in [6, 6.07) is 7.53. The van der Waals surface area contributed by atoms with Crippen LogP contribution in [0.15, 0.2) is 41.7 Å². The van der Waals surface area contributed by atoms with Gasteiger partial charge in [-0.3, -0.25) is 9.67 Å². The number of aryl methyl sites for hydroxylation is 1. The monoisotopic (exact) mass is 501 g/mol. The zero-order valence-electron chi connectivity index (χ0n) is 17.1. The normalized spacial score (nSPS) is 12.4. The van der Waals surface area contributed by atoms with Crippen molar-refractivity contribution in [3.05, 3.63) is 47.8 Å². The molecule has 28 heavy (non-hydrogen) atoms. The zero-order chi connectivity index (χ0) is 19.6. The Morgan fingerprint density at radius 2 is 2.11 bits per heavy atom. The van der Waals surface area contributed by atoms with Crippen LogP contribution in [-0.2, 0) is 13.5 Å². The molecule has 8 heteroatoms. The first-order chi connectivity index (χ1) is 13.0. The number of ether oxygens (including phenoxy) is 1. The molecular weight excluding hydrogens is 469 g/mol. The topological polar surface area (TPSA) is 83.7 Å². The largest absolute Gasteiger partial charge is 0.491 e. The zero-order valence-corrected chi connectivity index (χ0v) is 19.4. The summed E-state index contributed by atoms with van der Waals surface area (Å²) in [5, 5.41) is 21.1. The van der Waals surface area contributed by atoms with E-state index in [4.69, 9.17) is 4.74 Å². The van der Waals surface area contributed by atoms with E-state index in [0.29, 0.717) is 5.96 Å². The van der Waals surface area contributed by atoms with Crippen molar-refractivity contribution in [2.24, 2.45) is 12.0 Å². The van der Waals surface area contributed by atoms with Gasteiger partial charge < -0.3 is 20.5 Å². The van der Waals surface area contributed by atoms with Crippen molar-refractivity contribution in [1.82, 2.24) is 20.4 Å². The molecule has 0 spiro atoms. The Hall–Kier alpha value is -1.81. The number of aliphatic hydroxyl groups is 1. The van der Waals surface area contributed by atoms with Crippen LogP contribution in [0, 0.1) is 0 Å². The summed E-state index contributed by atoms with van der Waals surface area (Å²) in [5.74, 6) is 1.45. The molecule has 0 aliphatic rings. The van der Waals surface area contributed by atoms with Crippen LogP contribution < -0.4 is 15.4 Å². The van der Waals surface area contributed by atoms with E-state index >= 15 is 0 Å². The van der Waals surface area contributed by atoms with Gasteiger partial charge in [0.1, 0.15) is 5.75 Å². The van der Waals surface area contributed by atoms with Crippen molar-refractivity contribution >= 4 is 29.9 Å². The summed E-state index contributed by atoms with van der Waals surface area (Å²) < 4.78 is 7.48. The molecule has 0 saturated heterocycles. The van der Waals surface area contributed by atoms with Gasteiger partial charge in [0.2, 0.25) is 0 Å². The molecule has 0 aliphatic carbocycles. The van der Waals surface area contributed by atoms with E-state index in [0.717, 1.165) is 30.8 Å². The Kier molecular flexibility index (Phi) is 10.9. The first-order valence-electron chi connectivity index (χ1n) is 9.42. The lowest BCUT2D eigenvalue weighted by molar-refractivity contribution is 0.185. The van der Waals surface area contributed by atoms with Gasteiger partial charge in [-0.2, -0.15) is 5.10 Å². The molecule has 7 nitrogen and oxygen atoms in total. The third-order valence-electron chi connectivity index (χ3n) is 3.85. The second kappa shape index (κ2) is 12.6. The molecule has 2 aromatic rings. The smallest absolute Gasteiger partial charge is 0.191 e. The molecule has 0 saturated carbocycles. The molecule has 3 N–H and O–H groups in total. The predicted octanol–water partition coefficient (Wildman–Crippen LogP) is 2.66. The van der Waals surface area contributed by atoms with Gasteiger partial charge in [0, 0.05) is 26.3 Å². The number of hydrogen-bond donors (Lipinski definition) is 3. The minimum Gasteiger partial charge on any atom is -0.491 e. The Labute approximate surface area is 184 Å². The van der Waals surface area contributed by atoms with E-state index < -0.39 is 6.10 Å². The summed E-state index contributed by atoms with van der Waals surface area (Å²) in [5.41, 5.74) is 1.96. The molecule has 0 aliphatic heterocycles. The number of nitrogens with zero attached hydrogens (tertiary/aromatic N) is 3. The second-order valence-corrected chi connectivity index (χ2v) is 6.67. The fraction of sp³-hybridized carbons (Fsp3) is 0.500. The van der Waals surface area contributed by atoms with Crippen LogP contribution in [0.1, 0.15) is 38.0 Å². The SMILES string of the molecule is CCNC(=NCC(O)c1cccc(OC(C)C)c1)NCCc1cnn(C)c1.I. The van der Waals surface area contributed by atoms with Crippen molar-refractivity contribution in [3.63, 3.8) is 0 Å². The third kappa shape index (κ3) is 8.47. The van der Waals surface area contributed by atoms with Gasteiger partial charge in [-0.1, -0.05) is 12.1 Å². The molecule has 0 amide bonds. The number of nitrogens with one attached hydrogen (secondary N) is 2. The maximum atomic E-state index is 10.5. The highest BCUT2D eigenvalue weighted by Gasteiger charge is 2.09. The van der Waals surface area contributed by atoms with Crippen molar-refractivity contribution in [2.45, 2.75) is 39.4 Å². The molecule has 1 heterocycles. The summed E-state index contributed by atoms with van der Waals surface area (Å²) in [4.78, 5) is 4.50. The highest BCUT2D eigenvalue weighted by atomic mass is 127. The molecule has 0 fully saturated rings. The van der Waals surface area contributed by atoms with Gasteiger partial charge in [-0.05, 0) is 50.5 Å². The Balaban J connectivity index is 0.00000392. The van der Waals surface area contributed by atoms with Gasteiger partial charge in [-0.25, -0.2) is 0 Å². The van der Waals surface area contributed by atoms with Crippen LogP contribution in [0.25, 0.3) is 0 Å². The van der Waals surface area contributed by atoms with Gasteiger partial charge in [0.05, 0.1) is 24.9 Å². The van der Waals surface area contributed by atoms with Crippen LogP contribution in [0.4, 0.5) is 0 Å². The summed E-state index contributed by atoms with van der Waals surface area (Å²) in [6.07, 6.45) is 4.13. The van der Waals surface area contributed by atoms with E-state index in [1.54, 1.807) is 4.68 Å². The average Bonchev–Trinajstić information content (AvgIpc) is 3.04. The first-order valence-corrected chi connectivity index (χ1v) is 9.42. The lowest BCUT2D eigenvalue weighted by Gasteiger charge is -2.15. The van der Waals surface area contributed by atoms with Gasteiger partial charge in [0.25, 0.3) is 0 Å². The quantitative estimate of drug-likeness (QED) is 0.280. The van der Waals surface area contributed by atoms with Crippen molar-refractivity contribution in [2.75, 3.05) is 19.6 Å². The molecule has 1 aromatic heterocycles. The van der Waals surface area contributed by atoms with Crippen molar-refractivity contribution < 1.29 is 9.84 Å². The standard InChI is InChI=1S/C20H31N5O2.HI/c1-5-21-20(22-10-9-16-12-24-25(4)14-16)23-13-19(26)17-7-6-8-18(11-17)27-15(2)3;/h6-8,11-12,14-15,19,26H,5,9-10,13H2,1-4H3,(H2,21,22,23);1H. The molecule has 1 unspecified atom stereocenters. The fourth-order valence-corrected chi connectivity index (χ4v) is 2.62. The number of rotatable bonds is 9. The average molecular weight is 501 g/mol. The number of halogens is 1. The summed E-state index contributed by atoms with van der Waals surface area (Å²) in [7, 11) is 1.91. The van der Waals surface area contributed by atoms with E-state index in [9.17, 15) is 5.11 Å². The predicted molar refractivity (Wildman–Crippen MR) is 123 cm³/mol. The molecule has 1 aromatic carbocycles. The minimum absolute atomic E-state index is 0. The minimum atomic E-state index is -0.686. The van der Waals surface area contributed by atoms with Crippen molar-refractivity contribution in [3.8, 4) is 5.75 Å². The van der Waals surface area contributed by atoms with E-state index in [1.807, 2.05) is 64.5 Å². The maximum absolute atomic E-state index is 10.5. The van der Waals surface area contributed by atoms with Crippen LogP contribution in [0.3, 0.4) is 0 Å². The van der Waals surface area contributed by atoms with Gasteiger partial charge >= 0.3 is 0 Å². The number of benzene rings is 1. The van der Waals surface area contributed by atoms with E-state index in [1.165, 1.54) is 5.56 Å². The Morgan fingerprint density at radius 1 is 1.32 bits per heavy atom. The molecule has 156 valence electrons. The number of aliphatic hydroxyl groups excluding tert-OH is 1. The lowest BCUT2D eigenvalue weighted by atomic mass is 10.1. The second-order valence-electron chi connectivity index (χ2n) is 6.67. The number of guanidine groups is 1. The molecule has 0 bridgehead atoms. The maximum Gasteiger partial charge on any atom is 0.191 e. The van der Waals surface area contributed by atoms with Crippen LogP contribution >= 0.6 is 24.0 Å². The Morgan fingerprint density at radius 3 is 2.75 bits per heavy atom. The van der Waals surface area contributed by atoms with E-state index in [2.05, 4.69) is 20.7 Å². The van der Waals surface area contributed by atoms with Gasteiger partial charge in [0.15, 0.2) is 5.96 Å². The Bertz CT molecular complexity index is 733. The lowest BCUT2D eigenvalue weighted by Crippen LogP contribution is -2.38. The molecule has 2 rings (SSSR count). The van der Waals surface area contributed by atoms with Gasteiger partial charge in [-0.15, -0.1) is 24.0 Å². The number of aliphatic imine (C=N–C) groups is 1. The highest BCUT2D eigenvalue weighted by molar-refractivity contribution is 14.0. The fourth-order valence-electron chi connectivity index (χ4n) is 2.62. The summed E-state index contributed by atoms with van der Waals surface area (Å²) in [6.45, 7) is 7.74. The molecule has 1 atom stereocenters. The number of aromatic nitrogens is 2. The molecule has 0 radical (unpaired) electrons. The van der Waals surface area contributed by atoms with Crippen LogP contribution in [0.2, 0.25) is 0 Å². The van der Waals surface area contributed by atoms with Crippen molar-refractivity contribution in [1.29, 1.82) is 0 Å². The third-order valence-corrected chi connectivity index (χ3v) is 3.85. The summed E-state index contributed by atoms with van der Waals surface area (Å²) >= 11 is 0. The first kappa shape index (κ1) is 24.2. The van der Waals surface area contributed by atoms with Crippen LogP contribution in [0.5, 0.6) is 5.75 Å². The number of hydrogen-bond acceptors (Lipinski definition) is 4.